The van der Waals surface area contributed by atoms with Gasteiger partial charge in [-0.05, 0) is 18.9 Å². The Morgan fingerprint density at radius 3 is 2.78 bits per heavy atom. The molecule has 0 spiro atoms. The maximum Gasteiger partial charge on any atom is 0.271 e. The molecule has 3 rings (SSSR count). The number of halogens is 1. The summed E-state index contributed by atoms with van der Waals surface area (Å²) >= 11 is 5.96. The van der Waals surface area contributed by atoms with E-state index >= 15 is 0 Å². The third-order valence-electron chi connectivity index (χ3n) is 4.16. The third-order valence-corrected chi connectivity index (χ3v) is 4.47. The zero-order chi connectivity index (χ0) is 16.6. The number of nitrogens with one attached hydrogen (secondary N) is 1. The molecule has 2 amide bonds. The van der Waals surface area contributed by atoms with E-state index in [9.17, 15) is 19.7 Å². The van der Waals surface area contributed by atoms with Crippen molar-refractivity contribution in [2.24, 2.45) is 11.8 Å². The second kappa shape index (κ2) is 6.00. The summed E-state index contributed by atoms with van der Waals surface area (Å²) in [6.07, 6.45) is 2.65. The first kappa shape index (κ1) is 15.5. The van der Waals surface area contributed by atoms with Crippen LogP contribution < -0.4 is 5.32 Å². The number of anilines is 1. The molecule has 1 aromatic carbocycles. The number of rotatable bonds is 4. The Hall–Kier alpha value is -2.41. The zero-order valence-corrected chi connectivity index (χ0v) is 12.8. The summed E-state index contributed by atoms with van der Waals surface area (Å²) in [6, 6.07) is 5.91. The van der Waals surface area contributed by atoms with Crippen LogP contribution in [-0.4, -0.2) is 28.3 Å². The van der Waals surface area contributed by atoms with Crippen molar-refractivity contribution in [3.05, 3.63) is 45.5 Å². The van der Waals surface area contributed by atoms with Gasteiger partial charge in [-0.1, -0.05) is 23.7 Å². The number of nitrogens with zero attached hydrogens (tertiary/aromatic N) is 2. The van der Waals surface area contributed by atoms with Crippen LogP contribution >= 0.6 is 11.6 Å². The number of nitro benzene ring substituents is 1. The standard InChI is InChI=1S/C15H14ClN3O4/c16-9-4-5-12-13(6-9)15(21)18(14(12)20)8-17-10-2-1-3-11(7-10)19(22)23/h1-4,7,12-13,17H,5-6,8H2/t12-,13+/m0/s1. The Balaban J connectivity index is 1.69. The van der Waals surface area contributed by atoms with Crippen LogP contribution in [0.2, 0.25) is 0 Å². The Morgan fingerprint density at radius 1 is 1.30 bits per heavy atom. The summed E-state index contributed by atoms with van der Waals surface area (Å²) in [5, 5.41) is 14.3. The van der Waals surface area contributed by atoms with Gasteiger partial charge in [-0.2, -0.15) is 0 Å². The number of carbonyl (C=O) groups excluding carboxylic acids is 2. The lowest BCUT2D eigenvalue weighted by Gasteiger charge is -2.17. The van der Waals surface area contributed by atoms with Crippen LogP contribution in [0.4, 0.5) is 11.4 Å². The normalized spacial score (nSPS) is 23.5. The summed E-state index contributed by atoms with van der Waals surface area (Å²) in [6.45, 7) is -0.0105. The minimum atomic E-state index is -0.500. The molecule has 0 aromatic heterocycles. The summed E-state index contributed by atoms with van der Waals surface area (Å²) in [5.41, 5.74) is 0.421. The average molecular weight is 336 g/mol. The van der Waals surface area contributed by atoms with E-state index in [0.29, 0.717) is 23.6 Å². The van der Waals surface area contributed by atoms with Crippen LogP contribution in [0, 0.1) is 22.0 Å². The van der Waals surface area contributed by atoms with E-state index in [-0.39, 0.29) is 30.1 Å². The van der Waals surface area contributed by atoms with Crippen molar-refractivity contribution in [2.75, 3.05) is 12.0 Å². The fourth-order valence-electron chi connectivity index (χ4n) is 2.95. The van der Waals surface area contributed by atoms with Gasteiger partial charge in [0.05, 0.1) is 23.4 Å². The van der Waals surface area contributed by atoms with Crippen LogP contribution in [0.1, 0.15) is 12.8 Å². The molecular formula is C15H14ClN3O4. The molecule has 1 fully saturated rings. The second-order valence-electron chi connectivity index (χ2n) is 5.55. The Bertz CT molecular complexity index is 718. The van der Waals surface area contributed by atoms with E-state index in [0.717, 1.165) is 4.90 Å². The van der Waals surface area contributed by atoms with Crippen molar-refractivity contribution in [3.63, 3.8) is 0 Å². The van der Waals surface area contributed by atoms with E-state index in [1.807, 2.05) is 0 Å². The summed E-state index contributed by atoms with van der Waals surface area (Å²) in [7, 11) is 0. The van der Waals surface area contributed by atoms with Gasteiger partial charge in [0.2, 0.25) is 11.8 Å². The summed E-state index contributed by atoms with van der Waals surface area (Å²) in [5.74, 6) is -1.22. The maximum absolute atomic E-state index is 12.4. The topological polar surface area (TPSA) is 92.6 Å². The average Bonchev–Trinajstić information content (AvgIpc) is 2.76. The van der Waals surface area contributed by atoms with Gasteiger partial charge < -0.3 is 5.32 Å². The highest BCUT2D eigenvalue weighted by atomic mass is 35.5. The van der Waals surface area contributed by atoms with Crippen LogP contribution in [0.5, 0.6) is 0 Å². The summed E-state index contributed by atoms with van der Waals surface area (Å²) in [4.78, 5) is 36.1. The van der Waals surface area contributed by atoms with Gasteiger partial charge in [-0.15, -0.1) is 0 Å². The number of likely N-dealkylation sites (tertiary alicyclic amines) is 1. The van der Waals surface area contributed by atoms with Gasteiger partial charge in [0.15, 0.2) is 0 Å². The first-order valence-electron chi connectivity index (χ1n) is 7.15. The largest absolute Gasteiger partial charge is 0.367 e. The van der Waals surface area contributed by atoms with E-state index in [4.69, 9.17) is 11.6 Å². The minimum absolute atomic E-state index is 0.0105. The quantitative estimate of drug-likeness (QED) is 0.518. The molecule has 8 heteroatoms. The maximum atomic E-state index is 12.4. The van der Waals surface area contributed by atoms with Crippen LogP contribution in [-0.2, 0) is 9.59 Å². The van der Waals surface area contributed by atoms with Crippen molar-refractivity contribution < 1.29 is 14.5 Å². The molecule has 2 aliphatic rings. The molecule has 1 saturated heterocycles. The number of imide groups is 1. The molecule has 2 atom stereocenters. The van der Waals surface area contributed by atoms with Crippen molar-refractivity contribution >= 4 is 34.8 Å². The van der Waals surface area contributed by atoms with Crippen LogP contribution in [0.25, 0.3) is 0 Å². The number of carbonyl (C=O) groups is 2. The fraction of sp³-hybridized carbons (Fsp3) is 0.333. The fourth-order valence-corrected chi connectivity index (χ4v) is 3.21. The molecule has 1 aliphatic carbocycles. The van der Waals surface area contributed by atoms with E-state index in [1.165, 1.54) is 18.2 Å². The zero-order valence-electron chi connectivity index (χ0n) is 12.1. The Kier molecular flexibility index (Phi) is 4.04. The number of non-ortho nitro benzene ring substituents is 1. The molecule has 1 heterocycles. The monoisotopic (exact) mass is 335 g/mol. The molecule has 120 valence electrons. The highest BCUT2D eigenvalue weighted by Gasteiger charge is 2.48. The summed E-state index contributed by atoms with van der Waals surface area (Å²) < 4.78 is 0. The number of nitro groups is 1. The van der Waals surface area contributed by atoms with Crippen LogP contribution in [0.15, 0.2) is 35.4 Å². The van der Waals surface area contributed by atoms with Gasteiger partial charge >= 0.3 is 0 Å². The number of fused-ring (bicyclic) bond motifs is 1. The molecule has 1 aromatic rings. The Labute approximate surface area is 137 Å². The van der Waals surface area contributed by atoms with Gasteiger partial charge in [0, 0.05) is 22.9 Å². The first-order valence-corrected chi connectivity index (χ1v) is 7.53. The predicted molar refractivity (Wildman–Crippen MR) is 83.6 cm³/mol. The molecule has 0 bridgehead atoms. The predicted octanol–water partition coefficient (Wildman–Crippen LogP) is 2.48. The van der Waals surface area contributed by atoms with Crippen molar-refractivity contribution in [3.8, 4) is 0 Å². The van der Waals surface area contributed by atoms with Gasteiger partial charge in [0.25, 0.3) is 5.69 Å². The van der Waals surface area contributed by atoms with Crippen molar-refractivity contribution in [2.45, 2.75) is 12.8 Å². The second-order valence-corrected chi connectivity index (χ2v) is 6.04. The lowest BCUT2D eigenvalue weighted by molar-refractivity contribution is -0.384. The number of amides is 2. The SMILES string of the molecule is O=C1[C@H]2CC=C(Cl)C[C@H]2C(=O)N1CNc1cccc([N+](=O)[O-])c1. The number of hydrogen-bond donors (Lipinski definition) is 1. The molecule has 1 aliphatic heterocycles. The molecule has 1 N–H and O–H groups in total. The Morgan fingerprint density at radius 2 is 2.04 bits per heavy atom. The van der Waals surface area contributed by atoms with Gasteiger partial charge in [-0.25, -0.2) is 0 Å². The lowest BCUT2D eigenvalue weighted by Crippen LogP contribution is -2.35. The first-order chi connectivity index (χ1) is 11.0. The van der Waals surface area contributed by atoms with Crippen LogP contribution in [0.3, 0.4) is 0 Å². The molecule has 23 heavy (non-hydrogen) atoms. The molecular weight excluding hydrogens is 322 g/mol. The lowest BCUT2D eigenvalue weighted by atomic mass is 9.85. The third kappa shape index (κ3) is 2.92. The van der Waals surface area contributed by atoms with Gasteiger partial charge in [-0.3, -0.25) is 24.6 Å². The van der Waals surface area contributed by atoms with E-state index in [2.05, 4.69) is 5.32 Å². The molecule has 0 radical (unpaired) electrons. The van der Waals surface area contributed by atoms with E-state index < -0.39 is 10.8 Å². The highest BCUT2D eigenvalue weighted by molar-refractivity contribution is 6.30. The molecule has 0 saturated carbocycles. The van der Waals surface area contributed by atoms with Crippen molar-refractivity contribution in [1.82, 2.24) is 4.90 Å². The highest BCUT2D eigenvalue weighted by Crippen LogP contribution is 2.38. The number of allylic oxidation sites excluding steroid dienone is 2. The van der Waals surface area contributed by atoms with Gasteiger partial charge in [0.1, 0.15) is 0 Å². The molecule has 0 unspecified atom stereocenters. The number of benzene rings is 1. The van der Waals surface area contributed by atoms with Crippen molar-refractivity contribution in [1.29, 1.82) is 0 Å². The number of hydrogen-bond acceptors (Lipinski definition) is 5. The van der Waals surface area contributed by atoms with E-state index in [1.54, 1.807) is 12.1 Å². The smallest absolute Gasteiger partial charge is 0.271 e. The minimum Gasteiger partial charge on any atom is -0.367 e. The molecule has 7 nitrogen and oxygen atoms in total.